The topological polar surface area (TPSA) is 105 Å². The lowest BCUT2D eigenvalue weighted by molar-refractivity contribution is -0.384. The monoisotopic (exact) mass is 291 g/mol. The van der Waals surface area contributed by atoms with Gasteiger partial charge in [0.25, 0.3) is 11.6 Å². The number of carbonyl (C=O) groups is 1. The number of nitro benzene ring substituents is 1. The van der Waals surface area contributed by atoms with Crippen LogP contribution in [0.15, 0.2) is 36.5 Å². The Bertz CT molecular complexity index is 706. The predicted octanol–water partition coefficient (Wildman–Crippen LogP) is 1.76. The third-order valence-electron chi connectivity index (χ3n) is 2.69. The summed E-state index contributed by atoms with van der Waals surface area (Å²) in [7, 11) is 0. The highest BCUT2D eigenvalue weighted by Crippen LogP contribution is 2.22. The van der Waals surface area contributed by atoms with Gasteiger partial charge in [0.05, 0.1) is 22.7 Å². The van der Waals surface area contributed by atoms with Crippen LogP contribution in [0.1, 0.15) is 16.1 Å². The van der Waals surface area contributed by atoms with E-state index in [2.05, 4.69) is 10.3 Å². The molecular formula is C13H10FN3O4. The van der Waals surface area contributed by atoms with E-state index in [9.17, 15) is 24.4 Å². The number of aromatic hydroxyl groups is 1. The molecule has 2 rings (SSSR count). The Morgan fingerprint density at radius 1 is 1.43 bits per heavy atom. The largest absolute Gasteiger partial charge is 0.507 e. The number of benzene rings is 1. The van der Waals surface area contributed by atoms with Crippen LogP contribution in [-0.4, -0.2) is 20.9 Å². The van der Waals surface area contributed by atoms with E-state index < -0.39 is 22.4 Å². The van der Waals surface area contributed by atoms with Crippen molar-refractivity contribution in [3.05, 3.63) is 63.7 Å². The molecule has 0 saturated carbocycles. The zero-order chi connectivity index (χ0) is 15.4. The second-order valence-electron chi connectivity index (χ2n) is 4.07. The molecule has 0 unspecified atom stereocenters. The first-order chi connectivity index (χ1) is 9.99. The zero-order valence-corrected chi connectivity index (χ0v) is 10.6. The number of pyridine rings is 1. The molecular weight excluding hydrogens is 281 g/mol. The number of rotatable bonds is 4. The highest BCUT2D eigenvalue weighted by Gasteiger charge is 2.16. The first kappa shape index (κ1) is 14.4. The average molecular weight is 291 g/mol. The highest BCUT2D eigenvalue weighted by molar-refractivity contribution is 5.97. The van der Waals surface area contributed by atoms with Crippen molar-refractivity contribution in [3.63, 3.8) is 0 Å². The number of phenols is 1. The average Bonchev–Trinajstić information content (AvgIpc) is 2.46. The first-order valence-corrected chi connectivity index (χ1v) is 5.84. The van der Waals surface area contributed by atoms with Gasteiger partial charge in [0.15, 0.2) is 0 Å². The number of nitro groups is 1. The maximum atomic E-state index is 13.3. The fourth-order valence-corrected chi connectivity index (χ4v) is 1.63. The lowest BCUT2D eigenvalue weighted by atomic mass is 10.1. The standard InChI is InChI=1S/C13H10FN3O4/c14-10-2-1-5-15-11(10)7-16-13(19)9-6-8(17(20)21)3-4-12(9)18/h1-6,18H,7H2,(H,16,19). The molecule has 1 aromatic heterocycles. The number of halogens is 1. The van der Waals surface area contributed by atoms with Crippen LogP contribution in [0.25, 0.3) is 0 Å². The van der Waals surface area contributed by atoms with Crippen molar-refractivity contribution in [1.82, 2.24) is 10.3 Å². The number of amides is 1. The minimum atomic E-state index is -0.763. The molecule has 21 heavy (non-hydrogen) atoms. The summed E-state index contributed by atoms with van der Waals surface area (Å²) >= 11 is 0. The van der Waals surface area contributed by atoms with Gasteiger partial charge in [-0.25, -0.2) is 4.39 Å². The lowest BCUT2D eigenvalue weighted by Crippen LogP contribution is -2.24. The van der Waals surface area contributed by atoms with E-state index in [0.29, 0.717) is 0 Å². The van der Waals surface area contributed by atoms with Gasteiger partial charge < -0.3 is 10.4 Å². The van der Waals surface area contributed by atoms with E-state index in [4.69, 9.17) is 0 Å². The molecule has 108 valence electrons. The number of aromatic nitrogens is 1. The van der Waals surface area contributed by atoms with Gasteiger partial charge in [-0.15, -0.1) is 0 Å². The summed E-state index contributed by atoms with van der Waals surface area (Å²) in [5.41, 5.74) is -0.571. The van der Waals surface area contributed by atoms with Crippen molar-refractivity contribution in [2.45, 2.75) is 6.54 Å². The van der Waals surface area contributed by atoms with Crippen molar-refractivity contribution in [2.24, 2.45) is 0 Å². The molecule has 0 aliphatic carbocycles. The molecule has 0 saturated heterocycles. The van der Waals surface area contributed by atoms with Gasteiger partial charge in [-0.1, -0.05) is 0 Å². The summed E-state index contributed by atoms with van der Waals surface area (Å²) in [4.78, 5) is 25.6. The summed E-state index contributed by atoms with van der Waals surface area (Å²) < 4.78 is 13.3. The smallest absolute Gasteiger partial charge is 0.270 e. The van der Waals surface area contributed by atoms with Crippen molar-refractivity contribution < 1.29 is 19.2 Å². The Hall–Kier alpha value is -3.03. The van der Waals surface area contributed by atoms with Crippen LogP contribution in [0, 0.1) is 15.9 Å². The molecule has 0 spiro atoms. The maximum absolute atomic E-state index is 13.3. The molecule has 2 aromatic rings. The third-order valence-corrected chi connectivity index (χ3v) is 2.69. The van der Waals surface area contributed by atoms with Gasteiger partial charge in [0, 0.05) is 18.3 Å². The van der Waals surface area contributed by atoms with Crippen LogP contribution in [0.2, 0.25) is 0 Å². The SMILES string of the molecule is O=C(NCc1ncccc1F)c1cc([N+](=O)[O-])ccc1O. The predicted molar refractivity (Wildman–Crippen MR) is 70.1 cm³/mol. The van der Waals surface area contributed by atoms with Crippen molar-refractivity contribution in [3.8, 4) is 5.75 Å². The molecule has 1 heterocycles. The second-order valence-corrected chi connectivity index (χ2v) is 4.07. The molecule has 7 nitrogen and oxygen atoms in total. The molecule has 0 aliphatic heterocycles. The van der Waals surface area contributed by atoms with Crippen LogP contribution in [-0.2, 0) is 6.54 Å². The molecule has 1 aromatic carbocycles. The second kappa shape index (κ2) is 5.95. The van der Waals surface area contributed by atoms with Gasteiger partial charge >= 0.3 is 0 Å². The van der Waals surface area contributed by atoms with E-state index in [1.54, 1.807) is 0 Å². The van der Waals surface area contributed by atoms with Crippen LogP contribution in [0.5, 0.6) is 5.75 Å². The Labute approximate surface area is 118 Å². The minimum absolute atomic E-state index is 0.0239. The molecule has 0 atom stereocenters. The van der Waals surface area contributed by atoms with Crippen LogP contribution in [0.3, 0.4) is 0 Å². The van der Waals surface area contributed by atoms with E-state index >= 15 is 0 Å². The lowest BCUT2D eigenvalue weighted by Gasteiger charge is -2.07. The maximum Gasteiger partial charge on any atom is 0.270 e. The molecule has 0 fully saturated rings. The number of carbonyl (C=O) groups excluding carboxylic acids is 1. The van der Waals surface area contributed by atoms with E-state index in [1.807, 2.05) is 0 Å². The van der Waals surface area contributed by atoms with Gasteiger partial charge in [-0.3, -0.25) is 19.9 Å². The number of nitrogens with zero attached hydrogens (tertiary/aromatic N) is 2. The molecule has 8 heteroatoms. The van der Waals surface area contributed by atoms with Gasteiger partial charge in [0.1, 0.15) is 11.6 Å². The van der Waals surface area contributed by atoms with Crippen LogP contribution < -0.4 is 5.32 Å². The van der Waals surface area contributed by atoms with Gasteiger partial charge in [-0.2, -0.15) is 0 Å². The molecule has 2 N–H and O–H groups in total. The summed E-state index contributed by atoms with van der Waals surface area (Å²) in [5.74, 6) is -1.75. The quantitative estimate of drug-likeness (QED) is 0.659. The van der Waals surface area contributed by atoms with Crippen molar-refractivity contribution in [2.75, 3.05) is 0 Å². The Morgan fingerprint density at radius 3 is 2.86 bits per heavy atom. The third kappa shape index (κ3) is 3.30. The summed E-state index contributed by atoms with van der Waals surface area (Å²) in [5, 5.41) is 22.5. The van der Waals surface area contributed by atoms with Crippen LogP contribution in [0.4, 0.5) is 10.1 Å². The molecule has 0 aliphatic rings. The Balaban J connectivity index is 2.15. The molecule has 0 bridgehead atoms. The number of phenolic OH excluding ortho intramolecular Hbond substituents is 1. The van der Waals surface area contributed by atoms with E-state index in [1.165, 1.54) is 18.3 Å². The van der Waals surface area contributed by atoms with Crippen LogP contribution >= 0.6 is 0 Å². The summed E-state index contributed by atoms with van der Waals surface area (Å²) in [6, 6.07) is 5.67. The summed E-state index contributed by atoms with van der Waals surface area (Å²) in [6.45, 7) is -0.201. The fraction of sp³-hybridized carbons (Fsp3) is 0.0769. The summed E-state index contributed by atoms with van der Waals surface area (Å²) in [6.07, 6.45) is 1.37. The van der Waals surface area contributed by atoms with Gasteiger partial charge in [-0.05, 0) is 18.2 Å². The zero-order valence-electron chi connectivity index (χ0n) is 10.6. The fourth-order valence-electron chi connectivity index (χ4n) is 1.63. The Kier molecular flexibility index (Phi) is 4.07. The normalized spacial score (nSPS) is 10.1. The molecule has 0 radical (unpaired) electrons. The number of non-ortho nitro benzene ring substituents is 1. The Morgan fingerprint density at radius 2 is 2.19 bits per heavy atom. The van der Waals surface area contributed by atoms with E-state index in [-0.39, 0.29) is 23.5 Å². The van der Waals surface area contributed by atoms with Crippen molar-refractivity contribution >= 4 is 11.6 Å². The number of hydrogen-bond acceptors (Lipinski definition) is 5. The van der Waals surface area contributed by atoms with Crippen molar-refractivity contribution in [1.29, 1.82) is 0 Å². The van der Waals surface area contributed by atoms with E-state index in [0.717, 1.165) is 18.2 Å². The highest BCUT2D eigenvalue weighted by atomic mass is 19.1. The number of nitrogens with one attached hydrogen (secondary N) is 1. The first-order valence-electron chi connectivity index (χ1n) is 5.84. The number of hydrogen-bond donors (Lipinski definition) is 2. The molecule has 1 amide bonds. The minimum Gasteiger partial charge on any atom is -0.507 e. The van der Waals surface area contributed by atoms with Gasteiger partial charge in [0.2, 0.25) is 0 Å².